The monoisotopic (exact) mass is 315 g/mol. The number of rotatable bonds is 3. The number of fused-ring (bicyclic) bond motifs is 2. The first-order valence-corrected chi connectivity index (χ1v) is 8.75. The topological polar surface area (TPSA) is 57.0 Å². The molecule has 0 unspecified atom stereocenters. The van der Waals surface area contributed by atoms with E-state index >= 15 is 0 Å². The second kappa shape index (κ2) is 5.58. The normalized spacial score (nSPS) is 17.3. The molecule has 0 saturated carbocycles. The van der Waals surface area contributed by atoms with Crippen molar-refractivity contribution < 1.29 is 4.79 Å². The van der Waals surface area contributed by atoms with Crippen molar-refractivity contribution in [3.05, 3.63) is 17.3 Å². The Morgan fingerprint density at radius 2 is 2.14 bits per heavy atom. The molecule has 0 spiro atoms. The molecule has 2 bridgehead atoms. The first-order chi connectivity index (χ1) is 10.4. The van der Waals surface area contributed by atoms with E-state index in [0.717, 1.165) is 37.3 Å². The lowest BCUT2D eigenvalue weighted by atomic mass is 9.86. The summed E-state index contributed by atoms with van der Waals surface area (Å²) in [7, 11) is 0. The van der Waals surface area contributed by atoms with Gasteiger partial charge < -0.3 is 4.90 Å². The number of anilines is 1. The van der Waals surface area contributed by atoms with Crippen LogP contribution in [0.4, 0.5) is 5.69 Å². The van der Waals surface area contributed by atoms with Crippen LogP contribution in [0, 0.1) is 16.7 Å². The Morgan fingerprint density at radius 3 is 2.73 bits per heavy atom. The van der Waals surface area contributed by atoms with Crippen LogP contribution in [0.3, 0.4) is 0 Å². The molecule has 22 heavy (non-hydrogen) atoms. The minimum absolute atomic E-state index is 0.186. The average Bonchev–Trinajstić information content (AvgIpc) is 2.51. The summed E-state index contributed by atoms with van der Waals surface area (Å²) in [5.41, 5.74) is 2.50. The number of pyridine rings is 1. The molecule has 1 saturated heterocycles. The van der Waals surface area contributed by atoms with Gasteiger partial charge in [-0.15, -0.1) is 0 Å². The molecule has 4 heterocycles. The highest BCUT2D eigenvalue weighted by Crippen LogP contribution is 2.42. The van der Waals surface area contributed by atoms with Crippen molar-refractivity contribution in [1.29, 1.82) is 5.26 Å². The summed E-state index contributed by atoms with van der Waals surface area (Å²) < 4.78 is 0. The van der Waals surface area contributed by atoms with Crippen molar-refractivity contribution >= 4 is 23.2 Å². The summed E-state index contributed by atoms with van der Waals surface area (Å²) >= 11 is 1.41. The number of nitrogens with zero attached hydrogens (tertiary/aromatic N) is 3. The molecule has 5 heteroatoms. The Balaban J connectivity index is 1.88. The smallest absolute Gasteiger partial charge is 0.148 e. The van der Waals surface area contributed by atoms with Gasteiger partial charge in [-0.3, -0.25) is 4.79 Å². The Morgan fingerprint density at radius 1 is 1.45 bits per heavy atom. The Kier molecular flexibility index (Phi) is 3.90. The maximum absolute atomic E-state index is 12.1. The third-order valence-corrected chi connectivity index (χ3v) is 5.51. The summed E-state index contributed by atoms with van der Waals surface area (Å²) in [5, 5.41) is 10.1. The van der Waals surface area contributed by atoms with E-state index in [9.17, 15) is 10.1 Å². The van der Waals surface area contributed by atoms with Crippen molar-refractivity contribution in [2.24, 2.45) is 5.41 Å². The maximum atomic E-state index is 12.1. The molecule has 3 aliphatic heterocycles. The van der Waals surface area contributed by atoms with E-state index in [0.29, 0.717) is 22.3 Å². The molecule has 4 nitrogen and oxygen atoms in total. The molecular weight excluding hydrogens is 294 g/mol. The SMILES string of the molecule is CC(C)(C)C(=O)CSc1nc2c(cc1C#N)N1CCC2CC1. The second-order valence-corrected chi connectivity index (χ2v) is 8.04. The van der Waals surface area contributed by atoms with Gasteiger partial charge in [0.2, 0.25) is 0 Å². The first-order valence-electron chi connectivity index (χ1n) is 7.76. The molecule has 116 valence electrons. The zero-order chi connectivity index (χ0) is 15.9. The van der Waals surface area contributed by atoms with Gasteiger partial charge in [0.1, 0.15) is 16.9 Å². The molecule has 0 aliphatic carbocycles. The number of piperidine rings is 1. The van der Waals surface area contributed by atoms with Crippen molar-refractivity contribution in [1.82, 2.24) is 4.98 Å². The molecule has 4 rings (SSSR count). The number of hydrogen-bond donors (Lipinski definition) is 0. The molecule has 0 radical (unpaired) electrons. The van der Waals surface area contributed by atoms with Crippen LogP contribution in [0.5, 0.6) is 0 Å². The van der Waals surface area contributed by atoms with Crippen LogP contribution in [0.2, 0.25) is 0 Å². The fourth-order valence-electron chi connectivity index (χ4n) is 2.99. The van der Waals surface area contributed by atoms with Gasteiger partial charge in [-0.25, -0.2) is 4.98 Å². The summed E-state index contributed by atoms with van der Waals surface area (Å²) in [5.74, 6) is 1.08. The van der Waals surface area contributed by atoms with E-state index in [1.807, 2.05) is 26.8 Å². The largest absolute Gasteiger partial charge is 0.370 e. The number of carbonyl (C=O) groups is 1. The van der Waals surface area contributed by atoms with Gasteiger partial charge in [0.05, 0.1) is 22.7 Å². The molecule has 3 aliphatic rings. The number of nitriles is 1. The minimum Gasteiger partial charge on any atom is -0.370 e. The standard InChI is InChI=1S/C17H21N3OS/c1-17(2,3)14(21)10-22-16-12(9-18)8-13-15(19-16)11-4-6-20(13)7-5-11/h8,11H,4-7,10H2,1-3H3. The van der Waals surface area contributed by atoms with E-state index in [4.69, 9.17) is 4.98 Å². The van der Waals surface area contributed by atoms with Gasteiger partial charge >= 0.3 is 0 Å². The van der Waals surface area contributed by atoms with Gasteiger partial charge in [0.15, 0.2) is 0 Å². The second-order valence-electron chi connectivity index (χ2n) is 7.08. The van der Waals surface area contributed by atoms with Crippen LogP contribution in [0.25, 0.3) is 0 Å². The Hall–Kier alpha value is -1.54. The molecule has 1 aromatic rings. The summed E-state index contributed by atoms with van der Waals surface area (Å²) in [4.78, 5) is 19.2. The zero-order valence-corrected chi connectivity index (χ0v) is 14.2. The molecule has 0 aromatic carbocycles. The number of ketones is 1. The van der Waals surface area contributed by atoms with Crippen LogP contribution in [-0.2, 0) is 4.79 Å². The minimum atomic E-state index is -0.348. The first kappa shape index (κ1) is 15.4. The third-order valence-electron chi connectivity index (χ3n) is 4.52. The number of Topliss-reactive ketones (excluding diaryl/α,β-unsaturated/α-hetero) is 1. The van der Waals surface area contributed by atoms with Crippen molar-refractivity contribution in [2.75, 3.05) is 23.7 Å². The van der Waals surface area contributed by atoms with Crippen LogP contribution >= 0.6 is 11.8 Å². The summed E-state index contributed by atoms with van der Waals surface area (Å²) in [6.07, 6.45) is 2.30. The number of thioether (sulfide) groups is 1. The molecule has 0 N–H and O–H groups in total. The van der Waals surface area contributed by atoms with Crippen LogP contribution in [0.15, 0.2) is 11.1 Å². The lowest BCUT2D eigenvalue weighted by Crippen LogP contribution is -2.39. The molecule has 1 aromatic heterocycles. The lowest BCUT2D eigenvalue weighted by Gasteiger charge is -2.41. The quantitative estimate of drug-likeness (QED) is 0.801. The van der Waals surface area contributed by atoms with E-state index in [1.165, 1.54) is 11.8 Å². The van der Waals surface area contributed by atoms with E-state index in [2.05, 4.69) is 11.0 Å². The predicted molar refractivity (Wildman–Crippen MR) is 88.3 cm³/mol. The fraction of sp³-hybridized carbons (Fsp3) is 0.588. The predicted octanol–water partition coefficient (Wildman–Crippen LogP) is 3.36. The van der Waals surface area contributed by atoms with Gasteiger partial charge in [-0.1, -0.05) is 32.5 Å². The van der Waals surface area contributed by atoms with Gasteiger partial charge in [-0.05, 0) is 18.9 Å². The number of carbonyl (C=O) groups excluding carboxylic acids is 1. The molecule has 0 amide bonds. The Bertz CT molecular complexity index is 649. The van der Waals surface area contributed by atoms with E-state index < -0.39 is 0 Å². The van der Waals surface area contributed by atoms with E-state index in [1.54, 1.807) is 0 Å². The van der Waals surface area contributed by atoms with Gasteiger partial charge in [0.25, 0.3) is 0 Å². The Labute approximate surface area is 135 Å². The third kappa shape index (κ3) is 2.72. The lowest BCUT2D eigenvalue weighted by molar-refractivity contribution is -0.123. The maximum Gasteiger partial charge on any atom is 0.148 e. The van der Waals surface area contributed by atoms with Crippen molar-refractivity contribution in [3.63, 3.8) is 0 Å². The number of aromatic nitrogens is 1. The van der Waals surface area contributed by atoms with Crippen molar-refractivity contribution in [2.45, 2.75) is 44.6 Å². The average molecular weight is 315 g/mol. The zero-order valence-electron chi connectivity index (χ0n) is 13.3. The highest BCUT2D eigenvalue weighted by molar-refractivity contribution is 8.00. The van der Waals surface area contributed by atoms with Gasteiger partial charge in [0, 0.05) is 24.4 Å². The van der Waals surface area contributed by atoms with E-state index in [-0.39, 0.29) is 11.2 Å². The number of hydrogen-bond acceptors (Lipinski definition) is 5. The van der Waals surface area contributed by atoms with Crippen LogP contribution in [-0.4, -0.2) is 29.6 Å². The van der Waals surface area contributed by atoms with Crippen molar-refractivity contribution in [3.8, 4) is 6.07 Å². The fourth-order valence-corrected chi connectivity index (χ4v) is 4.11. The summed E-state index contributed by atoms with van der Waals surface area (Å²) in [6, 6.07) is 4.22. The van der Waals surface area contributed by atoms with Crippen LogP contribution in [0.1, 0.15) is 50.8 Å². The highest BCUT2D eigenvalue weighted by Gasteiger charge is 2.33. The molecule has 0 atom stereocenters. The van der Waals surface area contributed by atoms with Crippen LogP contribution < -0.4 is 4.90 Å². The highest BCUT2D eigenvalue weighted by atomic mass is 32.2. The molecule has 1 fully saturated rings. The summed E-state index contributed by atoms with van der Waals surface area (Å²) in [6.45, 7) is 7.91. The van der Waals surface area contributed by atoms with Gasteiger partial charge in [-0.2, -0.15) is 5.26 Å². The molecular formula is C17H21N3OS.